The molecular formula is C49H36O4. The molecule has 256 valence electrons. The predicted octanol–water partition coefficient (Wildman–Crippen LogP) is 10.5. The first kappa shape index (κ1) is 34.7. The van der Waals surface area contributed by atoms with Crippen molar-refractivity contribution in [2.24, 2.45) is 0 Å². The lowest BCUT2D eigenvalue weighted by Gasteiger charge is -2.24. The van der Waals surface area contributed by atoms with Crippen LogP contribution in [0, 0.1) is 0 Å². The highest BCUT2D eigenvalue weighted by molar-refractivity contribution is 5.77. The van der Waals surface area contributed by atoms with Gasteiger partial charge in [-0.1, -0.05) is 158 Å². The maximum Gasteiger partial charge on any atom is 0.150 e. The van der Waals surface area contributed by atoms with Gasteiger partial charge in [-0.15, -0.1) is 0 Å². The van der Waals surface area contributed by atoms with E-state index in [1.54, 1.807) is 18.2 Å². The summed E-state index contributed by atoms with van der Waals surface area (Å²) in [6.07, 6.45) is 3.42. The van der Waals surface area contributed by atoms with Crippen molar-refractivity contribution >= 4 is 25.1 Å². The molecule has 4 heteroatoms. The van der Waals surface area contributed by atoms with E-state index >= 15 is 0 Å². The van der Waals surface area contributed by atoms with Gasteiger partial charge in [-0.3, -0.25) is 19.2 Å². The zero-order valence-corrected chi connectivity index (χ0v) is 28.9. The summed E-state index contributed by atoms with van der Waals surface area (Å²) in [6.45, 7) is 0. The lowest BCUT2D eigenvalue weighted by molar-refractivity contribution is 0.111. The van der Waals surface area contributed by atoms with Crippen molar-refractivity contribution in [1.82, 2.24) is 0 Å². The molecule has 0 aromatic heterocycles. The van der Waals surface area contributed by atoms with Crippen LogP contribution in [0.25, 0.3) is 0 Å². The second-order valence-corrected chi connectivity index (χ2v) is 13.2. The first-order valence-electron chi connectivity index (χ1n) is 17.5. The smallest absolute Gasteiger partial charge is 0.150 e. The molecule has 7 rings (SSSR count). The van der Waals surface area contributed by atoms with Gasteiger partial charge in [0.2, 0.25) is 0 Å². The number of benzene rings is 7. The number of hydrogen-bond donors (Lipinski definition) is 0. The summed E-state index contributed by atoms with van der Waals surface area (Å²) in [5.74, 6) is -0.477. The second kappa shape index (κ2) is 16.1. The fraction of sp³-hybridized carbons (Fsp3) is 0.0612. The van der Waals surface area contributed by atoms with Gasteiger partial charge in [-0.05, 0) is 68.3 Å². The Kier molecular flexibility index (Phi) is 10.5. The SMILES string of the molecule is O=Cc1ccc(C(c2cccc(C=O)c2)c2cccc(C(c3ccccc3)c3ccc(C(c4cccc(C=O)c4)c4cccc(C=O)c4)cc3)c2)cc1. The number of hydrogen-bond acceptors (Lipinski definition) is 4. The third kappa shape index (κ3) is 7.63. The summed E-state index contributed by atoms with van der Waals surface area (Å²) in [7, 11) is 0. The van der Waals surface area contributed by atoms with Gasteiger partial charge in [-0.2, -0.15) is 0 Å². The van der Waals surface area contributed by atoms with Gasteiger partial charge in [0.25, 0.3) is 0 Å². The van der Waals surface area contributed by atoms with Crippen molar-refractivity contribution in [3.63, 3.8) is 0 Å². The van der Waals surface area contributed by atoms with E-state index in [-0.39, 0.29) is 17.8 Å². The Morgan fingerprint density at radius 1 is 0.245 bits per heavy atom. The molecule has 53 heavy (non-hydrogen) atoms. The quantitative estimate of drug-likeness (QED) is 0.0893. The molecular weight excluding hydrogens is 653 g/mol. The molecule has 2 unspecified atom stereocenters. The molecule has 7 aromatic carbocycles. The van der Waals surface area contributed by atoms with Crippen molar-refractivity contribution in [1.29, 1.82) is 0 Å². The Morgan fingerprint density at radius 3 is 0.906 bits per heavy atom. The molecule has 7 aromatic rings. The minimum atomic E-state index is -0.198. The Hall–Kier alpha value is -6.78. The van der Waals surface area contributed by atoms with Crippen molar-refractivity contribution in [3.05, 3.63) is 248 Å². The summed E-state index contributed by atoms with van der Waals surface area (Å²) in [5.41, 5.74) is 11.8. The zero-order valence-electron chi connectivity index (χ0n) is 28.9. The van der Waals surface area contributed by atoms with Crippen LogP contribution < -0.4 is 0 Å². The molecule has 0 aliphatic rings. The van der Waals surface area contributed by atoms with E-state index in [4.69, 9.17) is 0 Å². The van der Waals surface area contributed by atoms with Crippen molar-refractivity contribution < 1.29 is 19.2 Å². The highest BCUT2D eigenvalue weighted by atomic mass is 16.1. The Bertz CT molecular complexity index is 2320. The van der Waals surface area contributed by atoms with Crippen LogP contribution in [0.2, 0.25) is 0 Å². The Morgan fingerprint density at radius 2 is 0.528 bits per heavy atom. The molecule has 2 atom stereocenters. The van der Waals surface area contributed by atoms with Gasteiger partial charge >= 0.3 is 0 Å². The zero-order chi connectivity index (χ0) is 36.6. The molecule has 0 heterocycles. The minimum Gasteiger partial charge on any atom is -0.298 e. The normalized spacial score (nSPS) is 12.1. The van der Waals surface area contributed by atoms with Gasteiger partial charge in [-0.25, -0.2) is 0 Å². The third-order valence-corrected chi connectivity index (χ3v) is 9.86. The predicted molar refractivity (Wildman–Crippen MR) is 209 cm³/mol. The highest BCUT2D eigenvalue weighted by Crippen LogP contribution is 2.39. The van der Waals surface area contributed by atoms with Crippen LogP contribution >= 0.6 is 0 Å². The molecule has 4 nitrogen and oxygen atoms in total. The minimum absolute atomic E-state index is 0.0974. The van der Waals surface area contributed by atoms with E-state index in [0.29, 0.717) is 22.3 Å². The van der Waals surface area contributed by atoms with Crippen molar-refractivity contribution in [2.45, 2.75) is 17.8 Å². The maximum atomic E-state index is 11.8. The van der Waals surface area contributed by atoms with E-state index in [0.717, 1.165) is 75.2 Å². The van der Waals surface area contributed by atoms with Crippen LogP contribution in [0.3, 0.4) is 0 Å². The summed E-state index contributed by atoms with van der Waals surface area (Å²) < 4.78 is 0. The third-order valence-electron chi connectivity index (χ3n) is 9.86. The van der Waals surface area contributed by atoms with Gasteiger partial charge in [0.05, 0.1) is 0 Å². The lowest BCUT2D eigenvalue weighted by atomic mass is 9.79. The van der Waals surface area contributed by atoms with Gasteiger partial charge < -0.3 is 0 Å². The van der Waals surface area contributed by atoms with Crippen LogP contribution in [0.5, 0.6) is 0 Å². The molecule has 0 saturated heterocycles. The summed E-state index contributed by atoms with van der Waals surface area (Å²) in [6, 6.07) is 58.2. The first-order valence-corrected chi connectivity index (χ1v) is 17.5. The number of carbonyl (C=O) groups excluding carboxylic acids is 4. The molecule has 0 fully saturated rings. The van der Waals surface area contributed by atoms with E-state index in [1.165, 1.54) is 0 Å². The number of rotatable bonds is 13. The average molecular weight is 689 g/mol. The largest absolute Gasteiger partial charge is 0.298 e. The fourth-order valence-corrected chi connectivity index (χ4v) is 7.38. The second-order valence-electron chi connectivity index (χ2n) is 13.2. The maximum absolute atomic E-state index is 11.8. The lowest BCUT2D eigenvalue weighted by Crippen LogP contribution is -2.09. The van der Waals surface area contributed by atoms with Crippen LogP contribution in [-0.4, -0.2) is 25.1 Å². The monoisotopic (exact) mass is 688 g/mol. The molecule has 0 N–H and O–H groups in total. The molecule has 0 radical (unpaired) electrons. The van der Waals surface area contributed by atoms with Gasteiger partial charge in [0.1, 0.15) is 25.1 Å². The van der Waals surface area contributed by atoms with Gasteiger partial charge in [0.15, 0.2) is 0 Å². The Balaban J connectivity index is 1.33. The summed E-state index contributed by atoms with van der Waals surface area (Å²) >= 11 is 0. The van der Waals surface area contributed by atoms with Crippen LogP contribution in [0.15, 0.2) is 176 Å². The first-order chi connectivity index (χ1) is 26.1. The molecule has 0 bridgehead atoms. The summed E-state index contributed by atoms with van der Waals surface area (Å²) in [4.78, 5) is 46.8. The number of aldehydes is 4. The van der Waals surface area contributed by atoms with E-state index in [9.17, 15) is 19.2 Å². The highest BCUT2D eigenvalue weighted by Gasteiger charge is 2.23. The van der Waals surface area contributed by atoms with Crippen LogP contribution in [-0.2, 0) is 0 Å². The number of carbonyl (C=O) groups is 4. The van der Waals surface area contributed by atoms with Crippen molar-refractivity contribution in [3.8, 4) is 0 Å². The standard InChI is InChI=1S/C49H36O4/c50-30-34-18-20-39(21-19-34)49(44-15-6-10-37(28-44)33-53)46-17-7-16-45(29-46)47(38-11-2-1-3-12-38)40-22-24-41(25-23-40)48(42-13-4-8-35(26-42)31-51)43-14-5-9-36(27-43)32-52/h1-33,47-49H. The Labute approximate surface area is 309 Å². The van der Waals surface area contributed by atoms with E-state index in [2.05, 4.69) is 72.8 Å². The van der Waals surface area contributed by atoms with E-state index < -0.39 is 0 Å². The molecule has 0 amide bonds. The molecule has 0 spiro atoms. The topological polar surface area (TPSA) is 68.3 Å². The van der Waals surface area contributed by atoms with E-state index in [1.807, 2.05) is 84.9 Å². The molecule has 0 aliphatic heterocycles. The van der Waals surface area contributed by atoms with Crippen LogP contribution in [0.1, 0.15) is 109 Å². The van der Waals surface area contributed by atoms with Gasteiger partial charge in [0, 0.05) is 40.0 Å². The van der Waals surface area contributed by atoms with Crippen LogP contribution in [0.4, 0.5) is 0 Å². The average Bonchev–Trinajstić information content (AvgIpc) is 3.23. The molecule has 0 saturated carbocycles. The van der Waals surface area contributed by atoms with Crippen molar-refractivity contribution in [2.75, 3.05) is 0 Å². The fourth-order valence-electron chi connectivity index (χ4n) is 7.38. The molecule has 0 aliphatic carbocycles. The summed E-state index contributed by atoms with van der Waals surface area (Å²) in [5, 5.41) is 0.